The fourth-order valence-electron chi connectivity index (χ4n) is 7.61. The lowest BCUT2D eigenvalue weighted by atomic mass is 9.76. The van der Waals surface area contributed by atoms with Gasteiger partial charge in [0, 0.05) is 19.0 Å². The Labute approximate surface area is 289 Å². The summed E-state index contributed by atoms with van der Waals surface area (Å²) >= 11 is 0. The van der Waals surface area contributed by atoms with E-state index in [9.17, 15) is 9.59 Å². The highest BCUT2D eigenvalue weighted by Gasteiger charge is 2.37. The number of benzene rings is 5. The van der Waals surface area contributed by atoms with Crippen LogP contribution in [0.4, 0.5) is 4.79 Å². The number of likely N-dealkylation sites (tertiary alicyclic amines) is 1. The molecule has 1 heterocycles. The number of aryl methyl sites for hydroxylation is 1. The maximum atomic E-state index is 13.4. The van der Waals surface area contributed by atoms with Crippen LogP contribution in [0, 0.1) is 6.92 Å². The summed E-state index contributed by atoms with van der Waals surface area (Å²) in [4.78, 5) is 28.4. The number of carbonyl (C=O) groups excluding carboxylic acids is 2. The van der Waals surface area contributed by atoms with E-state index in [1.165, 1.54) is 27.8 Å². The summed E-state index contributed by atoms with van der Waals surface area (Å²) in [5.41, 5.74) is 8.83. The largest absolute Gasteiger partial charge is 0.448 e. The summed E-state index contributed by atoms with van der Waals surface area (Å²) in [6, 6.07) is 45.8. The maximum absolute atomic E-state index is 13.4. The molecule has 1 aliphatic heterocycles. The molecule has 1 fully saturated rings. The number of fused-ring (bicyclic) bond motifs is 3. The zero-order valence-electron chi connectivity index (χ0n) is 28.0. The smallest absolute Gasteiger partial charge is 0.410 e. The molecule has 1 saturated heterocycles. The summed E-state index contributed by atoms with van der Waals surface area (Å²) < 4.78 is 5.91. The maximum Gasteiger partial charge on any atom is 0.410 e. The topological polar surface area (TPSA) is 70.7 Å². The number of amides is 2. The first kappa shape index (κ1) is 32.4. The van der Waals surface area contributed by atoms with Crippen LogP contribution >= 0.6 is 0 Å². The Morgan fingerprint density at radius 2 is 1.27 bits per heavy atom. The zero-order valence-corrected chi connectivity index (χ0v) is 28.0. The van der Waals surface area contributed by atoms with Crippen LogP contribution in [0.25, 0.3) is 11.1 Å². The molecule has 1 atom stereocenters. The van der Waals surface area contributed by atoms with Crippen LogP contribution in [-0.4, -0.2) is 49.2 Å². The van der Waals surface area contributed by atoms with E-state index in [0.29, 0.717) is 26.1 Å². The SMILES string of the molecule is Cc1ccc(C(NCCCNC(=O)C2CCCN2C(=O)OCC2c3ccccc3-c3ccccc32)(c2ccccc2)c2ccccc2)cc1. The molecule has 6 heteroatoms. The van der Waals surface area contributed by atoms with E-state index >= 15 is 0 Å². The molecule has 2 aliphatic rings. The lowest BCUT2D eigenvalue weighted by Crippen LogP contribution is -2.48. The normalized spacial score (nSPS) is 15.4. The minimum absolute atomic E-state index is 0.0162. The number of hydrogen-bond acceptors (Lipinski definition) is 4. The number of ether oxygens (including phenoxy) is 1. The highest BCUT2D eigenvalue weighted by Crippen LogP contribution is 2.44. The van der Waals surface area contributed by atoms with Crippen LogP contribution in [0.3, 0.4) is 0 Å². The third-order valence-corrected chi connectivity index (χ3v) is 10.1. The second-order valence-corrected chi connectivity index (χ2v) is 13.1. The first-order valence-corrected chi connectivity index (χ1v) is 17.4. The molecule has 7 rings (SSSR count). The molecule has 0 radical (unpaired) electrons. The second-order valence-electron chi connectivity index (χ2n) is 13.1. The standard InChI is InChI=1S/C43H43N3O3/c1-31-23-25-34(26-24-31)43(32-14-4-2-5-15-32,33-16-6-3-7-17-33)45-28-13-27-44-41(47)40-22-12-29-46(40)42(48)49-30-39-37-20-10-8-18-35(37)36-19-9-11-21-38(36)39/h2-11,14-21,23-26,39-40,45H,12-13,22,27-30H2,1H3,(H,44,47). The van der Waals surface area contributed by atoms with Gasteiger partial charge in [-0.05, 0) is 71.7 Å². The lowest BCUT2D eigenvalue weighted by Gasteiger charge is -2.37. The molecule has 0 bridgehead atoms. The highest BCUT2D eigenvalue weighted by atomic mass is 16.6. The molecular weight excluding hydrogens is 606 g/mol. The van der Waals surface area contributed by atoms with Crippen molar-refractivity contribution in [3.8, 4) is 11.1 Å². The van der Waals surface area contributed by atoms with Crippen molar-refractivity contribution in [1.82, 2.24) is 15.5 Å². The van der Waals surface area contributed by atoms with Crippen LogP contribution in [-0.2, 0) is 15.1 Å². The van der Waals surface area contributed by atoms with Crippen molar-refractivity contribution in [3.05, 3.63) is 167 Å². The van der Waals surface area contributed by atoms with E-state index in [1.54, 1.807) is 4.90 Å². The van der Waals surface area contributed by atoms with Gasteiger partial charge < -0.3 is 10.1 Å². The molecule has 0 saturated carbocycles. The Kier molecular flexibility index (Phi) is 9.58. The number of rotatable bonds is 11. The second kappa shape index (κ2) is 14.5. The van der Waals surface area contributed by atoms with Crippen molar-refractivity contribution in [2.75, 3.05) is 26.2 Å². The van der Waals surface area contributed by atoms with Crippen molar-refractivity contribution in [2.24, 2.45) is 0 Å². The number of nitrogens with one attached hydrogen (secondary N) is 2. The predicted molar refractivity (Wildman–Crippen MR) is 194 cm³/mol. The average Bonchev–Trinajstić information content (AvgIpc) is 3.77. The molecule has 1 unspecified atom stereocenters. The van der Waals surface area contributed by atoms with Gasteiger partial charge in [-0.3, -0.25) is 15.0 Å². The minimum atomic E-state index is -0.563. The Morgan fingerprint density at radius 1 is 0.714 bits per heavy atom. The molecular formula is C43H43N3O3. The molecule has 5 aromatic rings. The Morgan fingerprint density at radius 3 is 1.88 bits per heavy atom. The van der Waals surface area contributed by atoms with Gasteiger partial charge in [-0.1, -0.05) is 139 Å². The van der Waals surface area contributed by atoms with Gasteiger partial charge in [-0.2, -0.15) is 0 Å². The third kappa shape index (κ3) is 6.49. The van der Waals surface area contributed by atoms with E-state index < -0.39 is 17.7 Å². The molecule has 0 spiro atoms. The molecule has 2 amide bonds. The number of carbonyl (C=O) groups is 2. The van der Waals surface area contributed by atoms with Crippen molar-refractivity contribution in [1.29, 1.82) is 0 Å². The van der Waals surface area contributed by atoms with Crippen LogP contribution in [0.1, 0.15) is 58.6 Å². The van der Waals surface area contributed by atoms with Crippen molar-refractivity contribution >= 4 is 12.0 Å². The first-order valence-electron chi connectivity index (χ1n) is 17.4. The summed E-state index contributed by atoms with van der Waals surface area (Å²) in [6.07, 6.45) is 1.70. The van der Waals surface area contributed by atoms with Gasteiger partial charge in [0.2, 0.25) is 5.91 Å². The van der Waals surface area contributed by atoms with Crippen molar-refractivity contribution in [3.63, 3.8) is 0 Å². The van der Waals surface area contributed by atoms with Crippen LogP contribution in [0.5, 0.6) is 0 Å². The van der Waals surface area contributed by atoms with Crippen molar-refractivity contribution < 1.29 is 14.3 Å². The third-order valence-electron chi connectivity index (χ3n) is 10.1. The van der Waals surface area contributed by atoms with Gasteiger partial charge >= 0.3 is 6.09 Å². The van der Waals surface area contributed by atoms with E-state index in [2.05, 4.69) is 115 Å². The molecule has 5 aromatic carbocycles. The summed E-state index contributed by atoms with van der Waals surface area (Å²) in [6.45, 7) is 4.03. The van der Waals surface area contributed by atoms with E-state index in [1.807, 2.05) is 36.4 Å². The Bertz CT molecular complexity index is 1810. The van der Waals surface area contributed by atoms with E-state index in [-0.39, 0.29) is 18.4 Å². The van der Waals surface area contributed by atoms with Gasteiger partial charge in [0.05, 0.1) is 5.54 Å². The van der Waals surface area contributed by atoms with Gasteiger partial charge in [0.25, 0.3) is 0 Å². The first-order chi connectivity index (χ1) is 24.1. The number of nitrogens with zero attached hydrogens (tertiary/aromatic N) is 1. The van der Waals surface area contributed by atoms with Crippen molar-refractivity contribution in [2.45, 2.75) is 43.7 Å². The van der Waals surface area contributed by atoms with Gasteiger partial charge in [-0.15, -0.1) is 0 Å². The van der Waals surface area contributed by atoms with Gasteiger partial charge in [-0.25, -0.2) is 4.79 Å². The van der Waals surface area contributed by atoms with Crippen LogP contribution in [0.2, 0.25) is 0 Å². The molecule has 49 heavy (non-hydrogen) atoms. The average molecular weight is 650 g/mol. The quantitative estimate of drug-likeness (QED) is 0.113. The molecule has 1 aliphatic carbocycles. The highest BCUT2D eigenvalue weighted by molar-refractivity contribution is 5.86. The Hall–Kier alpha value is -5.20. The molecule has 6 nitrogen and oxygen atoms in total. The zero-order chi connectivity index (χ0) is 33.6. The van der Waals surface area contributed by atoms with Gasteiger partial charge in [0.1, 0.15) is 12.6 Å². The predicted octanol–water partition coefficient (Wildman–Crippen LogP) is 7.80. The van der Waals surface area contributed by atoms with E-state index in [0.717, 1.165) is 29.5 Å². The molecule has 0 aromatic heterocycles. The fraction of sp³-hybridized carbons (Fsp3) is 0.256. The summed E-state index contributed by atoms with van der Waals surface area (Å²) in [5.74, 6) is -0.139. The molecule has 248 valence electrons. The lowest BCUT2D eigenvalue weighted by molar-refractivity contribution is -0.125. The fourth-order valence-corrected chi connectivity index (χ4v) is 7.61. The van der Waals surface area contributed by atoms with Crippen LogP contribution in [0.15, 0.2) is 133 Å². The Balaban J connectivity index is 0.979. The summed E-state index contributed by atoms with van der Waals surface area (Å²) in [5, 5.41) is 7.01. The summed E-state index contributed by atoms with van der Waals surface area (Å²) in [7, 11) is 0. The van der Waals surface area contributed by atoms with E-state index in [4.69, 9.17) is 4.74 Å². The number of hydrogen-bond donors (Lipinski definition) is 2. The molecule has 2 N–H and O–H groups in total. The minimum Gasteiger partial charge on any atom is -0.448 e. The van der Waals surface area contributed by atoms with Gasteiger partial charge in [0.15, 0.2) is 0 Å². The monoisotopic (exact) mass is 649 g/mol. The van der Waals surface area contributed by atoms with Crippen LogP contribution < -0.4 is 10.6 Å².